The Bertz CT molecular complexity index is 1350. The first kappa shape index (κ1) is 21.0. The van der Waals surface area contributed by atoms with Crippen molar-refractivity contribution in [3.05, 3.63) is 66.1 Å². The van der Waals surface area contributed by atoms with E-state index in [9.17, 15) is 10.1 Å². The number of fused-ring (bicyclic) bond motifs is 1. The zero-order chi connectivity index (χ0) is 22.9. The highest BCUT2D eigenvalue weighted by molar-refractivity contribution is 5.98. The fourth-order valence-electron chi connectivity index (χ4n) is 3.28. The summed E-state index contributed by atoms with van der Waals surface area (Å²) in [5.74, 6) is 0.342. The second-order valence-corrected chi connectivity index (χ2v) is 8.24. The van der Waals surface area contributed by atoms with Crippen LogP contribution in [0.15, 0.2) is 54.9 Å². The Kier molecular flexibility index (Phi) is 5.33. The Hall–Kier alpha value is -4.25. The van der Waals surface area contributed by atoms with Crippen LogP contribution in [0.25, 0.3) is 22.3 Å². The molecule has 0 bridgehead atoms. The highest BCUT2D eigenvalue weighted by atomic mass is 16.2. The van der Waals surface area contributed by atoms with E-state index >= 15 is 0 Å². The van der Waals surface area contributed by atoms with Crippen LogP contribution in [-0.2, 0) is 5.41 Å². The van der Waals surface area contributed by atoms with Gasteiger partial charge in [-0.05, 0) is 61.9 Å². The third kappa shape index (κ3) is 4.14. The van der Waals surface area contributed by atoms with E-state index in [4.69, 9.17) is 0 Å². The second kappa shape index (κ2) is 8.12. The summed E-state index contributed by atoms with van der Waals surface area (Å²) in [6.07, 6.45) is 3.35. The van der Waals surface area contributed by atoms with Crippen LogP contribution in [0.3, 0.4) is 0 Å². The third-order valence-corrected chi connectivity index (χ3v) is 5.19. The van der Waals surface area contributed by atoms with Gasteiger partial charge in [0, 0.05) is 43.1 Å². The molecule has 3 heterocycles. The van der Waals surface area contributed by atoms with Crippen LogP contribution in [0.4, 0.5) is 11.6 Å². The summed E-state index contributed by atoms with van der Waals surface area (Å²) in [4.78, 5) is 30.2. The minimum Gasteiger partial charge on any atom is -0.351 e. The maximum absolute atomic E-state index is 12.2. The van der Waals surface area contributed by atoms with Crippen LogP contribution in [0.2, 0.25) is 0 Å². The van der Waals surface area contributed by atoms with E-state index in [1.165, 1.54) is 4.90 Å². The van der Waals surface area contributed by atoms with Gasteiger partial charge in [-0.1, -0.05) is 0 Å². The fraction of sp³-hybridized carbons (Fsp3) is 0.208. The highest BCUT2D eigenvalue weighted by Crippen LogP contribution is 2.26. The van der Waals surface area contributed by atoms with Crippen molar-refractivity contribution in [2.24, 2.45) is 0 Å². The maximum Gasteiger partial charge on any atom is 0.269 e. The van der Waals surface area contributed by atoms with E-state index < -0.39 is 5.41 Å². The van der Waals surface area contributed by atoms with Gasteiger partial charge in [0.05, 0.1) is 22.9 Å². The number of nitriles is 1. The highest BCUT2D eigenvalue weighted by Gasteiger charge is 2.20. The molecule has 160 valence electrons. The summed E-state index contributed by atoms with van der Waals surface area (Å²) < 4.78 is 0. The third-order valence-electron chi connectivity index (χ3n) is 5.19. The average molecular weight is 425 g/mol. The largest absolute Gasteiger partial charge is 0.351 e. The quantitative estimate of drug-likeness (QED) is 0.494. The van der Waals surface area contributed by atoms with Crippen molar-refractivity contribution < 1.29 is 4.79 Å². The molecule has 0 spiro atoms. The fourth-order valence-corrected chi connectivity index (χ4v) is 3.28. The molecule has 0 radical (unpaired) electrons. The Labute approximate surface area is 186 Å². The van der Waals surface area contributed by atoms with Gasteiger partial charge in [0.1, 0.15) is 5.69 Å². The molecule has 0 aliphatic heterocycles. The lowest BCUT2D eigenvalue weighted by Crippen LogP contribution is -2.21. The Balaban J connectivity index is 1.61. The van der Waals surface area contributed by atoms with E-state index in [-0.39, 0.29) is 5.91 Å². The summed E-state index contributed by atoms with van der Waals surface area (Å²) in [6, 6.07) is 15.4. The Morgan fingerprint density at radius 2 is 1.84 bits per heavy atom. The van der Waals surface area contributed by atoms with Gasteiger partial charge < -0.3 is 15.2 Å². The number of amides is 1. The first-order valence-corrected chi connectivity index (χ1v) is 10.1. The standard InChI is InChI=1S/C24H23N7O/c1-24(2,14-25)16-7-9-26-20(13-16)19-8-10-27-23(30-19)28-17-5-6-18-15(11-17)12-21(29-18)22(32)31(3)4/h5-13,29H,1-4H3,(H,27,28,30). The van der Waals surface area contributed by atoms with Crippen LogP contribution >= 0.6 is 0 Å². The second-order valence-electron chi connectivity index (χ2n) is 8.24. The molecule has 8 heteroatoms. The van der Waals surface area contributed by atoms with Crippen molar-refractivity contribution in [3.8, 4) is 17.5 Å². The molecular weight excluding hydrogens is 402 g/mol. The topological polar surface area (TPSA) is 111 Å². The van der Waals surface area contributed by atoms with Crippen molar-refractivity contribution >= 4 is 28.4 Å². The molecule has 32 heavy (non-hydrogen) atoms. The van der Waals surface area contributed by atoms with Crippen molar-refractivity contribution in [2.75, 3.05) is 19.4 Å². The number of carbonyl (C=O) groups is 1. The van der Waals surface area contributed by atoms with Crippen LogP contribution in [-0.4, -0.2) is 44.8 Å². The number of pyridine rings is 1. The number of carbonyl (C=O) groups excluding carboxylic acids is 1. The predicted molar refractivity (Wildman–Crippen MR) is 124 cm³/mol. The lowest BCUT2D eigenvalue weighted by atomic mass is 9.86. The van der Waals surface area contributed by atoms with Crippen molar-refractivity contribution in [1.82, 2.24) is 24.8 Å². The number of H-pyrrole nitrogens is 1. The normalized spacial score (nSPS) is 11.2. The molecular formula is C24H23N7O. The molecule has 3 aromatic heterocycles. The van der Waals surface area contributed by atoms with Crippen LogP contribution in [0, 0.1) is 11.3 Å². The number of rotatable bonds is 5. The molecule has 1 amide bonds. The summed E-state index contributed by atoms with van der Waals surface area (Å²) in [6.45, 7) is 3.74. The molecule has 0 saturated carbocycles. The van der Waals surface area contributed by atoms with Crippen LogP contribution < -0.4 is 5.32 Å². The zero-order valence-corrected chi connectivity index (χ0v) is 18.3. The van der Waals surface area contributed by atoms with Crippen molar-refractivity contribution in [2.45, 2.75) is 19.3 Å². The molecule has 0 unspecified atom stereocenters. The van der Waals surface area contributed by atoms with E-state index in [2.05, 4.69) is 31.3 Å². The number of nitrogens with one attached hydrogen (secondary N) is 2. The number of aromatic amines is 1. The number of hydrogen-bond donors (Lipinski definition) is 2. The molecule has 0 fully saturated rings. The van der Waals surface area contributed by atoms with Gasteiger partial charge >= 0.3 is 0 Å². The van der Waals surface area contributed by atoms with Crippen molar-refractivity contribution in [1.29, 1.82) is 5.26 Å². The monoisotopic (exact) mass is 425 g/mol. The minimum absolute atomic E-state index is 0.0824. The number of anilines is 2. The lowest BCUT2D eigenvalue weighted by Gasteiger charge is -2.16. The number of aromatic nitrogens is 4. The summed E-state index contributed by atoms with van der Waals surface area (Å²) >= 11 is 0. The zero-order valence-electron chi connectivity index (χ0n) is 18.3. The first-order valence-electron chi connectivity index (χ1n) is 10.1. The summed E-state index contributed by atoms with van der Waals surface area (Å²) in [7, 11) is 3.44. The maximum atomic E-state index is 12.2. The molecule has 1 aromatic carbocycles. The molecule has 4 aromatic rings. The van der Waals surface area contributed by atoms with Crippen LogP contribution in [0.5, 0.6) is 0 Å². The number of hydrogen-bond acceptors (Lipinski definition) is 6. The van der Waals surface area contributed by atoms with Gasteiger partial charge in [-0.3, -0.25) is 9.78 Å². The smallest absolute Gasteiger partial charge is 0.269 e. The Morgan fingerprint density at radius 1 is 1.06 bits per heavy atom. The van der Waals surface area contributed by atoms with Gasteiger partial charge in [0.25, 0.3) is 5.91 Å². The predicted octanol–water partition coefficient (Wildman–Crippen LogP) is 4.27. The summed E-state index contributed by atoms with van der Waals surface area (Å²) in [5.41, 5.74) is 3.78. The summed E-state index contributed by atoms with van der Waals surface area (Å²) in [5, 5.41) is 13.5. The van der Waals surface area contributed by atoms with E-state index in [0.29, 0.717) is 23.0 Å². The van der Waals surface area contributed by atoms with Gasteiger partial charge in [-0.15, -0.1) is 0 Å². The molecule has 0 aliphatic rings. The number of nitrogens with zero attached hydrogens (tertiary/aromatic N) is 5. The van der Waals surface area contributed by atoms with E-state index in [0.717, 1.165) is 22.2 Å². The van der Waals surface area contributed by atoms with Gasteiger partial charge in [0.2, 0.25) is 5.95 Å². The number of benzene rings is 1. The molecule has 0 saturated heterocycles. The SMILES string of the molecule is CN(C)C(=O)c1cc2cc(Nc3nccc(-c4cc(C(C)(C)C#N)ccn4)n3)ccc2[nH]1. The lowest BCUT2D eigenvalue weighted by molar-refractivity contribution is 0.0823. The van der Waals surface area contributed by atoms with Gasteiger partial charge in [-0.25, -0.2) is 9.97 Å². The van der Waals surface area contributed by atoms with Gasteiger partial charge in [0.15, 0.2) is 0 Å². The Morgan fingerprint density at radius 3 is 2.59 bits per heavy atom. The molecule has 4 rings (SSSR count). The first-order chi connectivity index (χ1) is 15.3. The van der Waals surface area contributed by atoms with E-state index in [1.807, 2.05) is 50.2 Å². The van der Waals surface area contributed by atoms with E-state index in [1.54, 1.807) is 32.6 Å². The van der Waals surface area contributed by atoms with Gasteiger partial charge in [-0.2, -0.15) is 5.26 Å². The minimum atomic E-state index is -0.620. The average Bonchev–Trinajstić information content (AvgIpc) is 3.22. The molecule has 8 nitrogen and oxygen atoms in total. The van der Waals surface area contributed by atoms with Crippen LogP contribution in [0.1, 0.15) is 29.9 Å². The van der Waals surface area contributed by atoms with Crippen molar-refractivity contribution in [3.63, 3.8) is 0 Å². The molecule has 2 N–H and O–H groups in total. The molecule has 0 aliphatic carbocycles. The molecule has 0 atom stereocenters.